The van der Waals surface area contributed by atoms with Crippen molar-refractivity contribution in [1.82, 2.24) is 14.9 Å². The highest BCUT2D eigenvalue weighted by Gasteiger charge is 2.24. The third-order valence-corrected chi connectivity index (χ3v) is 4.29. The Morgan fingerprint density at radius 1 is 1.27 bits per heavy atom. The van der Waals surface area contributed by atoms with Crippen LogP contribution in [0.5, 0.6) is 5.75 Å². The zero-order valence-electron chi connectivity index (χ0n) is 15.4. The first-order valence-corrected chi connectivity index (χ1v) is 9.03. The largest absolute Gasteiger partial charge is 0.492 e. The molecule has 1 aliphatic rings. The molecular formula is C20H25N3O3. The van der Waals surface area contributed by atoms with Crippen molar-refractivity contribution < 1.29 is 14.3 Å². The zero-order valence-corrected chi connectivity index (χ0v) is 15.4. The van der Waals surface area contributed by atoms with Crippen molar-refractivity contribution in [3.8, 4) is 5.75 Å². The molecule has 3 rings (SSSR count). The summed E-state index contributed by atoms with van der Waals surface area (Å²) < 4.78 is 11.5. The number of hydrogen-bond donors (Lipinski definition) is 0. The second-order valence-corrected chi connectivity index (χ2v) is 6.49. The maximum Gasteiger partial charge on any atom is 0.272 e. The van der Waals surface area contributed by atoms with Crippen molar-refractivity contribution in [3.63, 3.8) is 0 Å². The molecule has 1 aromatic carbocycles. The molecule has 138 valence electrons. The zero-order chi connectivity index (χ0) is 18.4. The molecule has 6 nitrogen and oxygen atoms in total. The quantitative estimate of drug-likeness (QED) is 0.764. The van der Waals surface area contributed by atoms with E-state index in [1.54, 1.807) is 17.9 Å². The Morgan fingerprint density at radius 3 is 2.77 bits per heavy atom. The number of benzene rings is 1. The van der Waals surface area contributed by atoms with Crippen molar-refractivity contribution in [1.29, 1.82) is 0 Å². The van der Waals surface area contributed by atoms with E-state index in [1.165, 1.54) is 0 Å². The number of ether oxygens (including phenoxy) is 2. The fourth-order valence-corrected chi connectivity index (χ4v) is 3.09. The van der Waals surface area contributed by atoms with Crippen molar-refractivity contribution in [2.24, 2.45) is 0 Å². The van der Waals surface area contributed by atoms with E-state index in [9.17, 15) is 4.79 Å². The number of aromatic nitrogens is 2. The third kappa shape index (κ3) is 5.02. The van der Waals surface area contributed by atoms with Gasteiger partial charge >= 0.3 is 0 Å². The molecule has 0 radical (unpaired) electrons. The fourth-order valence-electron chi connectivity index (χ4n) is 3.09. The summed E-state index contributed by atoms with van der Waals surface area (Å²) in [4.78, 5) is 23.3. The van der Waals surface area contributed by atoms with Gasteiger partial charge in [-0.3, -0.25) is 4.79 Å². The normalized spacial score (nSPS) is 16.5. The number of amides is 1. The van der Waals surface area contributed by atoms with E-state index in [0.717, 1.165) is 30.9 Å². The summed E-state index contributed by atoms with van der Waals surface area (Å²) in [6.07, 6.45) is 2.10. The molecule has 2 aromatic rings. The first-order chi connectivity index (χ1) is 12.6. The van der Waals surface area contributed by atoms with Crippen molar-refractivity contribution >= 4 is 5.91 Å². The van der Waals surface area contributed by atoms with Crippen LogP contribution in [0.15, 0.2) is 36.4 Å². The summed E-state index contributed by atoms with van der Waals surface area (Å²) in [6.45, 7) is 5.89. The molecule has 0 spiro atoms. The van der Waals surface area contributed by atoms with Gasteiger partial charge in [-0.1, -0.05) is 18.2 Å². The maximum atomic E-state index is 13.0. The third-order valence-electron chi connectivity index (χ3n) is 4.29. The van der Waals surface area contributed by atoms with Gasteiger partial charge in [0, 0.05) is 18.8 Å². The SMILES string of the molecule is Cc1cc(C(=O)N(CCOc2ccccc2)CC2CCCO2)nc(C)n1. The lowest BCUT2D eigenvalue weighted by Gasteiger charge is -2.25. The van der Waals surface area contributed by atoms with E-state index in [2.05, 4.69) is 9.97 Å². The highest BCUT2D eigenvalue weighted by atomic mass is 16.5. The molecule has 1 aromatic heterocycles. The lowest BCUT2D eigenvalue weighted by Crippen LogP contribution is -2.40. The van der Waals surface area contributed by atoms with E-state index in [4.69, 9.17) is 9.47 Å². The van der Waals surface area contributed by atoms with E-state index in [1.807, 2.05) is 37.3 Å². The second kappa shape index (κ2) is 8.76. The van der Waals surface area contributed by atoms with Gasteiger partial charge in [0.25, 0.3) is 5.91 Å². The van der Waals surface area contributed by atoms with Crippen LogP contribution in [-0.4, -0.2) is 53.2 Å². The second-order valence-electron chi connectivity index (χ2n) is 6.49. The molecule has 26 heavy (non-hydrogen) atoms. The van der Waals surface area contributed by atoms with Gasteiger partial charge in [-0.2, -0.15) is 0 Å². The van der Waals surface area contributed by atoms with Crippen LogP contribution in [0.1, 0.15) is 34.8 Å². The van der Waals surface area contributed by atoms with Crippen LogP contribution in [0.4, 0.5) is 0 Å². The number of carbonyl (C=O) groups is 1. The summed E-state index contributed by atoms with van der Waals surface area (Å²) >= 11 is 0. The van der Waals surface area contributed by atoms with Crippen LogP contribution in [0.3, 0.4) is 0 Å². The summed E-state index contributed by atoms with van der Waals surface area (Å²) in [7, 11) is 0. The summed E-state index contributed by atoms with van der Waals surface area (Å²) in [5, 5.41) is 0. The topological polar surface area (TPSA) is 64.6 Å². The summed E-state index contributed by atoms with van der Waals surface area (Å²) in [6, 6.07) is 11.3. The predicted octanol–water partition coefficient (Wildman–Crippen LogP) is 2.79. The molecule has 0 aliphatic carbocycles. The molecule has 1 atom stereocenters. The van der Waals surface area contributed by atoms with Crippen LogP contribution >= 0.6 is 0 Å². The monoisotopic (exact) mass is 355 g/mol. The molecule has 1 aliphatic heterocycles. The van der Waals surface area contributed by atoms with Gasteiger partial charge in [-0.25, -0.2) is 9.97 Å². The van der Waals surface area contributed by atoms with Gasteiger partial charge < -0.3 is 14.4 Å². The van der Waals surface area contributed by atoms with Crippen molar-refractivity contribution in [2.45, 2.75) is 32.8 Å². The minimum absolute atomic E-state index is 0.0831. The predicted molar refractivity (Wildman–Crippen MR) is 98.3 cm³/mol. The van der Waals surface area contributed by atoms with Crippen LogP contribution < -0.4 is 4.74 Å². The molecule has 0 N–H and O–H groups in total. The first-order valence-electron chi connectivity index (χ1n) is 9.03. The molecule has 0 saturated carbocycles. The fraction of sp³-hybridized carbons (Fsp3) is 0.450. The van der Waals surface area contributed by atoms with Crippen LogP contribution in [-0.2, 0) is 4.74 Å². The Bertz CT molecular complexity index is 710. The van der Waals surface area contributed by atoms with E-state index < -0.39 is 0 Å². The Labute approximate surface area is 154 Å². The van der Waals surface area contributed by atoms with Gasteiger partial charge in [0.15, 0.2) is 0 Å². The molecule has 6 heteroatoms. The average Bonchev–Trinajstić information content (AvgIpc) is 3.13. The summed E-state index contributed by atoms with van der Waals surface area (Å²) in [5.41, 5.74) is 1.21. The van der Waals surface area contributed by atoms with E-state index >= 15 is 0 Å². The van der Waals surface area contributed by atoms with Crippen molar-refractivity contribution in [3.05, 3.63) is 53.6 Å². The van der Waals surface area contributed by atoms with E-state index in [0.29, 0.717) is 31.2 Å². The highest BCUT2D eigenvalue weighted by Crippen LogP contribution is 2.15. The molecule has 1 amide bonds. The minimum atomic E-state index is -0.106. The smallest absolute Gasteiger partial charge is 0.272 e. The number of hydrogen-bond acceptors (Lipinski definition) is 5. The van der Waals surface area contributed by atoms with Gasteiger partial charge in [-0.15, -0.1) is 0 Å². The Morgan fingerprint density at radius 2 is 2.08 bits per heavy atom. The van der Waals surface area contributed by atoms with Gasteiger partial charge in [-0.05, 0) is 44.9 Å². The van der Waals surface area contributed by atoms with Gasteiger partial charge in [0.1, 0.15) is 23.9 Å². The maximum absolute atomic E-state index is 13.0. The molecule has 1 unspecified atom stereocenters. The van der Waals surface area contributed by atoms with Crippen LogP contribution in [0.25, 0.3) is 0 Å². The number of rotatable bonds is 7. The molecule has 2 heterocycles. The molecule has 0 bridgehead atoms. The van der Waals surface area contributed by atoms with Crippen LogP contribution in [0, 0.1) is 13.8 Å². The van der Waals surface area contributed by atoms with Gasteiger partial charge in [0.2, 0.25) is 0 Å². The number of carbonyl (C=O) groups excluding carboxylic acids is 1. The first kappa shape index (κ1) is 18.3. The molecule has 1 saturated heterocycles. The Kier molecular flexibility index (Phi) is 6.17. The average molecular weight is 355 g/mol. The Balaban J connectivity index is 1.68. The summed E-state index contributed by atoms with van der Waals surface area (Å²) in [5.74, 6) is 1.29. The number of para-hydroxylation sites is 1. The lowest BCUT2D eigenvalue weighted by atomic mass is 10.2. The standard InChI is InChI=1S/C20H25N3O3/c1-15-13-19(22-16(2)21-15)20(24)23(14-18-9-6-11-25-18)10-12-26-17-7-4-3-5-8-17/h3-5,7-8,13,18H,6,9-12,14H2,1-2H3. The van der Waals surface area contributed by atoms with Crippen LogP contribution in [0.2, 0.25) is 0 Å². The number of nitrogens with zero attached hydrogens (tertiary/aromatic N) is 3. The van der Waals surface area contributed by atoms with E-state index in [-0.39, 0.29) is 12.0 Å². The molecular weight excluding hydrogens is 330 g/mol. The number of aryl methyl sites for hydroxylation is 2. The van der Waals surface area contributed by atoms with Crippen molar-refractivity contribution in [2.75, 3.05) is 26.3 Å². The lowest BCUT2D eigenvalue weighted by molar-refractivity contribution is 0.0489. The Hall–Kier alpha value is -2.47. The minimum Gasteiger partial charge on any atom is -0.492 e. The van der Waals surface area contributed by atoms with Gasteiger partial charge in [0.05, 0.1) is 12.6 Å². The molecule has 1 fully saturated rings. The highest BCUT2D eigenvalue weighted by molar-refractivity contribution is 5.92.